The Labute approximate surface area is 102 Å². The molecular formula is C11H13F3N2O2. The minimum Gasteiger partial charge on any atom is -0.480 e. The van der Waals surface area contributed by atoms with E-state index in [1.165, 1.54) is 6.07 Å². The first kappa shape index (κ1) is 14.3. The van der Waals surface area contributed by atoms with E-state index >= 15 is 0 Å². The second-order valence-corrected chi connectivity index (χ2v) is 3.84. The Bertz CT molecular complexity index is 421. The Morgan fingerprint density at radius 1 is 1.44 bits per heavy atom. The van der Waals surface area contributed by atoms with Crippen molar-refractivity contribution in [2.45, 2.75) is 18.6 Å². The Morgan fingerprint density at radius 3 is 2.61 bits per heavy atom. The maximum Gasteiger partial charge on any atom is 0.401 e. The highest BCUT2D eigenvalue weighted by molar-refractivity contribution is 5.74. The van der Waals surface area contributed by atoms with Crippen molar-refractivity contribution in [1.82, 2.24) is 5.32 Å². The SMILES string of the molecule is Nc1cccc(CC(NCC(F)(F)F)C(=O)O)c1. The maximum absolute atomic E-state index is 12.0. The summed E-state index contributed by atoms with van der Waals surface area (Å²) in [6.45, 7) is -1.34. The number of halogens is 3. The minimum absolute atomic E-state index is 0.0591. The van der Waals surface area contributed by atoms with Crippen molar-refractivity contribution in [3.8, 4) is 0 Å². The summed E-state index contributed by atoms with van der Waals surface area (Å²) in [5.74, 6) is -1.33. The molecule has 1 unspecified atom stereocenters. The zero-order valence-electron chi connectivity index (χ0n) is 9.37. The third kappa shape index (κ3) is 5.05. The van der Waals surface area contributed by atoms with Crippen molar-refractivity contribution < 1.29 is 23.1 Å². The molecule has 0 aliphatic heterocycles. The predicted octanol–water partition coefficient (Wildman–Crippen LogP) is 1.42. The van der Waals surface area contributed by atoms with Gasteiger partial charge in [-0.25, -0.2) is 0 Å². The smallest absolute Gasteiger partial charge is 0.401 e. The van der Waals surface area contributed by atoms with Crippen LogP contribution in [0.2, 0.25) is 0 Å². The van der Waals surface area contributed by atoms with E-state index in [9.17, 15) is 18.0 Å². The Kier molecular flexibility index (Phi) is 4.55. The van der Waals surface area contributed by atoms with E-state index in [0.717, 1.165) is 0 Å². The van der Waals surface area contributed by atoms with E-state index in [0.29, 0.717) is 11.3 Å². The first-order chi connectivity index (χ1) is 8.28. The molecule has 1 aromatic rings. The summed E-state index contributed by atoms with van der Waals surface area (Å²) in [6, 6.07) is 5.08. The van der Waals surface area contributed by atoms with Crippen LogP contribution < -0.4 is 11.1 Å². The highest BCUT2D eigenvalue weighted by atomic mass is 19.4. The Balaban J connectivity index is 2.66. The van der Waals surface area contributed by atoms with Gasteiger partial charge in [-0.2, -0.15) is 13.2 Å². The number of benzene rings is 1. The fraction of sp³-hybridized carbons (Fsp3) is 0.364. The average molecular weight is 262 g/mol. The summed E-state index contributed by atoms with van der Waals surface area (Å²) < 4.78 is 36.0. The molecule has 4 nitrogen and oxygen atoms in total. The first-order valence-corrected chi connectivity index (χ1v) is 5.15. The van der Waals surface area contributed by atoms with Crippen LogP contribution in [-0.4, -0.2) is 29.8 Å². The largest absolute Gasteiger partial charge is 0.480 e. The first-order valence-electron chi connectivity index (χ1n) is 5.15. The predicted molar refractivity (Wildman–Crippen MR) is 60.0 cm³/mol. The molecule has 0 bridgehead atoms. The normalized spacial score (nSPS) is 13.3. The molecule has 18 heavy (non-hydrogen) atoms. The van der Waals surface area contributed by atoms with Gasteiger partial charge in [0, 0.05) is 5.69 Å². The number of carbonyl (C=O) groups is 1. The van der Waals surface area contributed by atoms with E-state index in [4.69, 9.17) is 10.8 Å². The van der Waals surface area contributed by atoms with Crippen LogP contribution in [-0.2, 0) is 11.2 Å². The van der Waals surface area contributed by atoms with Gasteiger partial charge in [-0.1, -0.05) is 12.1 Å². The maximum atomic E-state index is 12.0. The van der Waals surface area contributed by atoms with E-state index in [-0.39, 0.29) is 6.42 Å². The molecule has 4 N–H and O–H groups in total. The van der Waals surface area contributed by atoms with Crippen molar-refractivity contribution in [1.29, 1.82) is 0 Å². The number of anilines is 1. The van der Waals surface area contributed by atoms with Crippen LogP contribution in [0.15, 0.2) is 24.3 Å². The van der Waals surface area contributed by atoms with Gasteiger partial charge in [0.1, 0.15) is 6.04 Å². The lowest BCUT2D eigenvalue weighted by atomic mass is 10.1. The topological polar surface area (TPSA) is 75.3 Å². The summed E-state index contributed by atoms with van der Waals surface area (Å²) in [6.07, 6.45) is -4.50. The van der Waals surface area contributed by atoms with Gasteiger partial charge in [0.05, 0.1) is 6.54 Å². The molecule has 1 atom stereocenters. The highest BCUT2D eigenvalue weighted by Gasteiger charge is 2.30. The lowest BCUT2D eigenvalue weighted by Gasteiger charge is -2.16. The molecule has 1 aromatic carbocycles. The number of alkyl halides is 3. The summed E-state index contributed by atoms with van der Waals surface area (Å²) in [7, 11) is 0. The van der Waals surface area contributed by atoms with Crippen LogP contribution in [0.25, 0.3) is 0 Å². The number of hydrogen-bond donors (Lipinski definition) is 3. The summed E-state index contributed by atoms with van der Waals surface area (Å²) in [5.41, 5.74) is 6.51. The van der Waals surface area contributed by atoms with E-state index in [2.05, 4.69) is 0 Å². The fourth-order valence-corrected chi connectivity index (χ4v) is 1.44. The van der Waals surface area contributed by atoms with E-state index in [1.54, 1.807) is 18.2 Å². The average Bonchev–Trinajstić information content (AvgIpc) is 2.22. The molecule has 0 saturated heterocycles. The van der Waals surface area contributed by atoms with Gasteiger partial charge in [0.2, 0.25) is 0 Å². The van der Waals surface area contributed by atoms with Gasteiger partial charge < -0.3 is 10.8 Å². The van der Waals surface area contributed by atoms with Crippen LogP contribution in [0.3, 0.4) is 0 Å². The molecule has 0 spiro atoms. The molecule has 7 heteroatoms. The number of nitrogens with one attached hydrogen (secondary N) is 1. The molecule has 1 rings (SSSR count). The lowest BCUT2D eigenvalue weighted by molar-refractivity contribution is -0.143. The molecule has 0 aliphatic rings. The lowest BCUT2D eigenvalue weighted by Crippen LogP contribution is -2.43. The van der Waals surface area contributed by atoms with Crippen LogP contribution in [0, 0.1) is 0 Å². The number of aliphatic carboxylic acids is 1. The molecule has 0 aliphatic carbocycles. The molecular weight excluding hydrogens is 249 g/mol. The third-order valence-corrected chi connectivity index (χ3v) is 2.24. The van der Waals surface area contributed by atoms with Crippen molar-refractivity contribution in [2.75, 3.05) is 12.3 Å². The standard InChI is InChI=1S/C11H13F3N2O2/c12-11(13,14)6-16-9(10(17)18)5-7-2-1-3-8(15)4-7/h1-4,9,16H,5-6,15H2,(H,17,18). The molecule has 0 radical (unpaired) electrons. The summed E-state index contributed by atoms with van der Waals surface area (Å²) >= 11 is 0. The van der Waals surface area contributed by atoms with Crippen LogP contribution in [0.5, 0.6) is 0 Å². The monoisotopic (exact) mass is 262 g/mol. The Morgan fingerprint density at radius 2 is 2.11 bits per heavy atom. The number of carboxylic acid groups (broad SMARTS) is 1. The minimum atomic E-state index is -4.44. The fourth-order valence-electron chi connectivity index (χ4n) is 1.44. The second kappa shape index (κ2) is 5.72. The number of rotatable bonds is 5. The van der Waals surface area contributed by atoms with Crippen molar-refractivity contribution in [3.05, 3.63) is 29.8 Å². The van der Waals surface area contributed by atoms with Crippen LogP contribution in [0.4, 0.5) is 18.9 Å². The molecule has 0 amide bonds. The summed E-state index contributed by atoms with van der Waals surface area (Å²) in [4.78, 5) is 10.8. The van der Waals surface area contributed by atoms with Crippen LogP contribution in [0.1, 0.15) is 5.56 Å². The molecule has 0 heterocycles. The number of nitrogens with two attached hydrogens (primary N) is 1. The van der Waals surface area contributed by atoms with Crippen molar-refractivity contribution in [2.24, 2.45) is 0 Å². The molecule has 0 fully saturated rings. The molecule has 0 saturated carbocycles. The van der Waals surface area contributed by atoms with Crippen molar-refractivity contribution >= 4 is 11.7 Å². The molecule has 100 valence electrons. The van der Waals surface area contributed by atoms with Gasteiger partial charge in [-0.3, -0.25) is 10.1 Å². The van der Waals surface area contributed by atoms with Gasteiger partial charge in [-0.05, 0) is 24.1 Å². The highest BCUT2D eigenvalue weighted by Crippen LogP contribution is 2.14. The summed E-state index contributed by atoms with van der Waals surface area (Å²) in [5, 5.41) is 10.8. The van der Waals surface area contributed by atoms with E-state index < -0.39 is 24.7 Å². The zero-order valence-corrected chi connectivity index (χ0v) is 9.37. The second-order valence-electron chi connectivity index (χ2n) is 3.84. The zero-order chi connectivity index (χ0) is 13.8. The van der Waals surface area contributed by atoms with Gasteiger partial charge >= 0.3 is 12.1 Å². The van der Waals surface area contributed by atoms with Gasteiger partial charge in [-0.15, -0.1) is 0 Å². The van der Waals surface area contributed by atoms with Gasteiger partial charge in [0.15, 0.2) is 0 Å². The van der Waals surface area contributed by atoms with Crippen molar-refractivity contribution in [3.63, 3.8) is 0 Å². The number of carboxylic acids is 1. The quantitative estimate of drug-likeness (QED) is 0.701. The van der Waals surface area contributed by atoms with Gasteiger partial charge in [0.25, 0.3) is 0 Å². The number of hydrogen-bond acceptors (Lipinski definition) is 3. The van der Waals surface area contributed by atoms with E-state index in [1.807, 2.05) is 5.32 Å². The van der Waals surface area contributed by atoms with Crippen LogP contribution >= 0.6 is 0 Å². The third-order valence-electron chi connectivity index (χ3n) is 2.24. The molecule has 0 aromatic heterocycles. The Hall–Kier alpha value is -1.76. The number of nitrogen functional groups attached to an aromatic ring is 1.